The summed E-state index contributed by atoms with van der Waals surface area (Å²) in [5.74, 6) is 0.456. The van der Waals surface area contributed by atoms with Gasteiger partial charge in [0, 0.05) is 5.02 Å². The Morgan fingerprint density at radius 2 is 2.15 bits per heavy atom. The maximum absolute atomic E-state index is 6.18. The summed E-state index contributed by atoms with van der Waals surface area (Å²) in [4.78, 5) is 0. The van der Waals surface area contributed by atoms with Crippen molar-refractivity contribution in [2.24, 2.45) is 5.73 Å². The Kier molecular flexibility index (Phi) is 3.76. The SMILES string of the molecule is Cc1cccc(C(C)CCN)c1Cl. The average molecular weight is 198 g/mol. The van der Waals surface area contributed by atoms with Crippen LogP contribution >= 0.6 is 11.6 Å². The summed E-state index contributed by atoms with van der Waals surface area (Å²) >= 11 is 6.18. The summed E-state index contributed by atoms with van der Waals surface area (Å²) < 4.78 is 0. The molecule has 1 nitrogen and oxygen atoms in total. The highest BCUT2D eigenvalue weighted by Crippen LogP contribution is 2.28. The first-order valence-corrected chi connectivity index (χ1v) is 4.99. The summed E-state index contributed by atoms with van der Waals surface area (Å²) in [6, 6.07) is 6.15. The van der Waals surface area contributed by atoms with Crippen LogP contribution in [0.3, 0.4) is 0 Å². The average Bonchev–Trinajstić information content (AvgIpc) is 2.10. The van der Waals surface area contributed by atoms with Crippen LogP contribution in [-0.4, -0.2) is 6.54 Å². The van der Waals surface area contributed by atoms with Crippen molar-refractivity contribution in [3.8, 4) is 0 Å². The molecule has 0 heterocycles. The van der Waals surface area contributed by atoms with Crippen LogP contribution in [0.4, 0.5) is 0 Å². The van der Waals surface area contributed by atoms with Crippen molar-refractivity contribution < 1.29 is 0 Å². The molecule has 0 spiro atoms. The first-order valence-electron chi connectivity index (χ1n) is 4.62. The third-order valence-electron chi connectivity index (χ3n) is 2.35. The molecule has 1 unspecified atom stereocenters. The van der Waals surface area contributed by atoms with E-state index in [9.17, 15) is 0 Å². The van der Waals surface area contributed by atoms with Crippen LogP contribution in [0.1, 0.15) is 30.4 Å². The lowest BCUT2D eigenvalue weighted by molar-refractivity contribution is 0.690. The normalized spacial score (nSPS) is 12.9. The van der Waals surface area contributed by atoms with E-state index in [1.165, 1.54) is 5.56 Å². The number of benzene rings is 1. The van der Waals surface area contributed by atoms with Gasteiger partial charge in [-0.1, -0.05) is 36.7 Å². The van der Waals surface area contributed by atoms with Gasteiger partial charge >= 0.3 is 0 Å². The van der Waals surface area contributed by atoms with E-state index in [4.69, 9.17) is 17.3 Å². The molecule has 0 aliphatic rings. The van der Waals surface area contributed by atoms with Gasteiger partial charge in [-0.2, -0.15) is 0 Å². The van der Waals surface area contributed by atoms with Gasteiger partial charge in [0.1, 0.15) is 0 Å². The molecule has 0 aromatic heterocycles. The van der Waals surface area contributed by atoms with Crippen LogP contribution in [0.15, 0.2) is 18.2 Å². The minimum Gasteiger partial charge on any atom is -0.330 e. The van der Waals surface area contributed by atoms with E-state index in [0.717, 1.165) is 17.0 Å². The molecule has 2 heteroatoms. The third-order valence-corrected chi connectivity index (χ3v) is 2.87. The predicted octanol–water partition coefficient (Wildman–Crippen LogP) is 3.10. The topological polar surface area (TPSA) is 26.0 Å². The molecule has 1 aromatic rings. The van der Waals surface area contributed by atoms with Crippen LogP contribution < -0.4 is 5.73 Å². The molecule has 2 N–H and O–H groups in total. The van der Waals surface area contributed by atoms with Crippen LogP contribution in [-0.2, 0) is 0 Å². The van der Waals surface area contributed by atoms with Gasteiger partial charge in [0.15, 0.2) is 0 Å². The summed E-state index contributed by atoms with van der Waals surface area (Å²) in [6.07, 6.45) is 0.989. The first kappa shape index (κ1) is 10.6. The van der Waals surface area contributed by atoms with Crippen molar-refractivity contribution in [2.75, 3.05) is 6.54 Å². The van der Waals surface area contributed by atoms with Gasteiger partial charge in [0.25, 0.3) is 0 Å². The molecule has 0 fully saturated rings. The molecule has 0 aliphatic carbocycles. The van der Waals surface area contributed by atoms with Gasteiger partial charge < -0.3 is 5.73 Å². The third kappa shape index (κ3) is 2.45. The van der Waals surface area contributed by atoms with Gasteiger partial charge in [-0.25, -0.2) is 0 Å². The lowest BCUT2D eigenvalue weighted by Gasteiger charge is -2.13. The van der Waals surface area contributed by atoms with E-state index in [2.05, 4.69) is 13.0 Å². The second-order valence-electron chi connectivity index (χ2n) is 3.46. The van der Waals surface area contributed by atoms with Crippen molar-refractivity contribution in [1.82, 2.24) is 0 Å². The molecule has 72 valence electrons. The minimum absolute atomic E-state index is 0.456. The largest absolute Gasteiger partial charge is 0.330 e. The zero-order chi connectivity index (χ0) is 9.84. The van der Waals surface area contributed by atoms with E-state index in [-0.39, 0.29) is 0 Å². The lowest BCUT2D eigenvalue weighted by Crippen LogP contribution is -2.05. The quantitative estimate of drug-likeness (QED) is 0.792. The Bertz CT molecular complexity index is 283. The number of nitrogens with two attached hydrogens (primary N) is 1. The van der Waals surface area contributed by atoms with Gasteiger partial charge in [0.2, 0.25) is 0 Å². The highest BCUT2D eigenvalue weighted by atomic mass is 35.5. The number of rotatable bonds is 3. The fraction of sp³-hybridized carbons (Fsp3) is 0.455. The maximum Gasteiger partial charge on any atom is 0.0469 e. The summed E-state index contributed by atoms with van der Waals surface area (Å²) in [6.45, 7) is 4.90. The van der Waals surface area contributed by atoms with Crippen molar-refractivity contribution in [3.05, 3.63) is 34.3 Å². The van der Waals surface area contributed by atoms with E-state index < -0.39 is 0 Å². The number of halogens is 1. The number of hydrogen-bond donors (Lipinski definition) is 1. The highest BCUT2D eigenvalue weighted by Gasteiger charge is 2.09. The zero-order valence-corrected chi connectivity index (χ0v) is 8.93. The summed E-state index contributed by atoms with van der Waals surface area (Å²) in [5.41, 5.74) is 7.87. The maximum atomic E-state index is 6.18. The Morgan fingerprint density at radius 3 is 2.77 bits per heavy atom. The molecule has 0 saturated heterocycles. The molecule has 0 bridgehead atoms. The molecule has 0 radical (unpaired) electrons. The van der Waals surface area contributed by atoms with Crippen molar-refractivity contribution in [2.45, 2.75) is 26.2 Å². The van der Waals surface area contributed by atoms with Crippen molar-refractivity contribution in [1.29, 1.82) is 0 Å². The van der Waals surface area contributed by atoms with Crippen molar-refractivity contribution in [3.63, 3.8) is 0 Å². The Labute approximate surface area is 84.9 Å². The monoisotopic (exact) mass is 197 g/mol. The molecule has 1 aromatic carbocycles. The van der Waals surface area contributed by atoms with Crippen molar-refractivity contribution >= 4 is 11.6 Å². The highest BCUT2D eigenvalue weighted by molar-refractivity contribution is 6.32. The van der Waals surface area contributed by atoms with Crippen LogP contribution in [0.5, 0.6) is 0 Å². The van der Waals surface area contributed by atoms with Crippen LogP contribution in [0.25, 0.3) is 0 Å². The standard InChI is InChI=1S/C11H16ClN/c1-8(6-7-13)10-5-3-4-9(2)11(10)12/h3-5,8H,6-7,13H2,1-2H3. The molecule has 0 amide bonds. The smallest absolute Gasteiger partial charge is 0.0469 e. The van der Waals surface area contributed by atoms with E-state index in [1.807, 2.05) is 19.1 Å². The molecule has 0 saturated carbocycles. The summed E-state index contributed by atoms with van der Waals surface area (Å²) in [5, 5.41) is 0.892. The number of hydrogen-bond acceptors (Lipinski definition) is 1. The van der Waals surface area contributed by atoms with Gasteiger partial charge in [0.05, 0.1) is 0 Å². The van der Waals surface area contributed by atoms with E-state index in [0.29, 0.717) is 12.5 Å². The second-order valence-corrected chi connectivity index (χ2v) is 3.83. The molecule has 0 aliphatic heterocycles. The van der Waals surface area contributed by atoms with Crippen LogP contribution in [0.2, 0.25) is 5.02 Å². The molecule has 13 heavy (non-hydrogen) atoms. The molecular weight excluding hydrogens is 182 g/mol. The van der Waals surface area contributed by atoms with Gasteiger partial charge in [-0.15, -0.1) is 0 Å². The minimum atomic E-state index is 0.456. The van der Waals surface area contributed by atoms with Gasteiger partial charge in [-0.05, 0) is 36.9 Å². The van der Waals surface area contributed by atoms with Crippen LogP contribution in [0, 0.1) is 6.92 Å². The first-order chi connectivity index (χ1) is 6.16. The van der Waals surface area contributed by atoms with E-state index >= 15 is 0 Å². The predicted molar refractivity (Wildman–Crippen MR) is 58.3 cm³/mol. The Morgan fingerprint density at radius 1 is 1.46 bits per heavy atom. The fourth-order valence-corrected chi connectivity index (χ4v) is 1.77. The lowest BCUT2D eigenvalue weighted by atomic mass is 9.96. The Balaban J connectivity index is 2.93. The Hall–Kier alpha value is -0.530. The molecule has 1 rings (SSSR count). The number of aryl methyl sites for hydroxylation is 1. The molecular formula is C11H16ClN. The second kappa shape index (κ2) is 4.64. The fourth-order valence-electron chi connectivity index (χ4n) is 1.46. The van der Waals surface area contributed by atoms with Gasteiger partial charge in [-0.3, -0.25) is 0 Å². The van der Waals surface area contributed by atoms with E-state index in [1.54, 1.807) is 0 Å². The summed E-state index contributed by atoms with van der Waals surface area (Å²) in [7, 11) is 0. The zero-order valence-electron chi connectivity index (χ0n) is 8.18. The molecule has 1 atom stereocenters.